The van der Waals surface area contributed by atoms with E-state index >= 15 is 0 Å². The summed E-state index contributed by atoms with van der Waals surface area (Å²) in [6, 6.07) is 0. The van der Waals surface area contributed by atoms with Gasteiger partial charge in [0, 0.05) is 0 Å². The lowest BCUT2D eigenvalue weighted by Crippen LogP contribution is -2.19. The van der Waals surface area contributed by atoms with Crippen molar-refractivity contribution in [3.05, 3.63) is 12.2 Å². The predicted octanol–water partition coefficient (Wildman–Crippen LogP) is -1.48. The minimum Gasteiger partial charge on any atom is -0.388 e. The van der Waals surface area contributed by atoms with Crippen LogP contribution in [0.15, 0.2) is 12.2 Å². The second-order valence-electron chi connectivity index (χ2n) is 1.47. The number of ketones is 1. The van der Waals surface area contributed by atoms with E-state index in [0.29, 0.717) is 0 Å². The van der Waals surface area contributed by atoms with Crippen molar-refractivity contribution in [2.75, 3.05) is 6.61 Å². The lowest BCUT2D eigenvalue weighted by atomic mass is 10.2. The minimum absolute atomic E-state index is 0.454. The highest BCUT2D eigenvalue weighted by atomic mass is 16.7. The molecule has 0 aromatic rings. The van der Waals surface area contributed by atoms with Crippen LogP contribution < -0.4 is 5.90 Å². The first-order chi connectivity index (χ1) is 4.63. The third-order valence-electron chi connectivity index (χ3n) is 0.834. The van der Waals surface area contributed by atoms with Crippen LogP contribution in [0, 0.1) is 0 Å². The molecule has 5 heteroatoms. The normalized spacial score (nSPS) is 8.60. The first kappa shape index (κ1) is 8.80. The predicted molar refractivity (Wildman–Crippen MR) is 31.5 cm³/mol. The fourth-order valence-electron chi connectivity index (χ4n) is 0.280. The summed E-state index contributed by atoms with van der Waals surface area (Å²) in [6.45, 7) is 2.26. The summed E-state index contributed by atoms with van der Waals surface area (Å²) in [5.74, 6) is 2.60. The van der Waals surface area contributed by atoms with E-state index in [1.165, 1.54) is 0 Å². The van der Waals surface area contributed by atoms with Crippen molar-refractivity contribution < 1.29 is 19.5 Å². The zero-order valence-corrected chi connectivity index (χ0v) is 5.16. The number of nitrogens with two attached hydrogens (primary N) is 1. The zero-order chi connectivity index (χ0) is 8.15. The number of rotatable bonds is 3. The number of carbonyl (C=O) groups excluding carboxylic acids is 2. The summed E-state index contributed by atoms with van der Waals surface area (Å²) < 4.78 is 0. The zero-order valence-electron chi connectivity index (χ0n) is 5.16. The Morgan fingerprint density at radius 3 is 2.40 bits per heavy atom. The molecule has 0 saturated carbocycles. The molecule has 0 aliphatic rings. The van der Waals surface area contributed by atoms with E-state index in [9.17, 15) is 9.59 Å². The molecule has 10 heavy (non-hydrogen) atoms. The summed E-state index contributed by atoms with van der Waals surface area (Å²) in [4.78, 5) is 24.4. The number of aliphatic hydroxyl groups excluding tert-OH is 1. The molecule has 0 saturated heterocycles. The largest absolute Gasteiger partial charge is 0.388 e. The fraction of sp³-hybridized carbons (Fsp3) is 0.200. The van der Waals surface area contributed by atoms with Crippen molar-refractivity contribution >= 4 is 11.8 Å². The van der Waals surface area contributed by atoms with Crippen molar-refractivity contribution in [3.8, 4) is 0 Å². The van der Waals surface area contributed by atoms with E-state index in [0.717, 1.165) is 0 Å². The highest BCUT2D eigenvalue weighted by Crippen LogP contribution is 1.92. The smallest absolute Gasteiger partial charge is 0.359 e. The third kappa shape index (κ3) is 1.96. The van der Waals surface area contributed by atoms with Crippen LogP contribution in [-0.2, 0) is 14.4 Å². The maximum atomic E-state index is 10.4. The Morgan fingerprint density at radius 1 is 1.60 bits per heavy atom. The van der Waals surface area contributed by atoms with Crippen LogP contribution in [0.2, 0.25) is 0 Å². The van der Waals surface area contributed by atoms with Crippen molar-refractivity contribution in [1.82, 2.24) is 0 Å². The van der Waals surface area contributed by atoms with Crippen LogP contribution in [0.1, 0.15) is 0 Å². The fourth-order valence-corrected chi connectivity index (χ4v) is 0.280. The SMILES string of the molecule is C=C(C(=O)CO)C(=O)ON. The maximum Gasteiger partial charge on any atom is 0.359 e. The summed E-state index contributed by atoms with van der Waals surface area (Å²) in [7, 11) is 0. The average Bonchev–Trinajstić information content (AvgIpc) is 2.00. The van der Waals surface area contributed by atoms with Gasteiger partial charge in [-0.25, -0.2) is 4.79 Å². The molecule has 0 spiro atoms. The molecule has 0 aliphatic carbocycles. The van der Waals surface area contributed by atoms with Gasteiger partial charge in [-0.2, -0.15) is 5.90 Å². The molecule has 56 valence electrons. The molecule has 0 atom stereocenters. The van der Waals surface area contributed by atoms with Gasteiger partial charge in [0.25, 0.3) is 0 Å². The number of aliphatic hydroxyl groups is 1. The summed E-state index contributed by atoms with van der Waals surface area (Å²) >= 11 is 0. The molecule has 0 rings (SSSR count). The quantitative estimate of drug-likeness (QED) is 0.219. The summed E-state index contributed by atoms with van der Waals surface area (Å²) in [6.07, 6.45) is 0. The molecule has 0 aromatic carbocycles. The van der Waals surface area contributed by atoms with Crippen LogP contribution in [0.3, 0.4) is 0 Å². The Morgan fingerprint density at radius 2 is 2.10 bits per heavy atom. The van der Waals surface area contributed by atoms with Gasteiger partial charge in [0.05, 0.1) is 5.57 Å². The lowest BCUT2D eigenvalue weighted by molar-refractivity contribution is -0.141. The van der Waals surface area contributed by atoms with E-state index in [1.54, 1.807) is 0 Å². The monoisotopic (exact) mass is 145 g/mol. The van der Waals surface area contributed by atoms with E-state index < -0.39 is 23.9 Å². The van der Waals surface area contributed by atoms with Crippen LogP contribution in [0.25, 0.3) is 0 Å². The maximum absolute atomic E-state index is 10.4. The van der Waals surface area contributed by atoms with Crippen molar-refractivity contribution in [2.24, 2.45) is 5.90 Å². The standard InChI is InChI=1S/C5H7NO4/c1-3(4(8)2-7)5(9)10-6/h7H,1-2,6H2. The van der Waals surface area contributed by atoms with Crippen molar-refractivity contribution in [2.45, 2.75) is 0 Å². The van der Waals surface area contributed by atoms with Crippen molar-refractivity contribution in [1.29, 1.82) is 0 Å². The Hall–Kier alpha value is -1.20. The molecular weight excluding hydrogens is 138 g/mol. The lowest BCUT2D eigenvalue weighted by Gasteiger charge is -1.96. The molecule has 0 amide bonds. The molecule has 0 radical (unpaired) electrons. The highest BCUT2D eigenvalue weighted by Gasteiger charge is 2.14. The van der Waals surface area contributed by atoms with Gasteiger partial charge >= 0.3 is 5.97 Å². The number of Topliss-reactive ketones (excluding diaryl/α,β-unsaturated/α-hetero) is 1. The topological polar surface area (TPSA) is 89.6 Å². The Balaban J connectivity index is 4.09. The van der Waals surface area contributed by atoms with Crippen LogP contribution >= 0.6 is 0 Å². The van der Waals surface area contributed by atoms with Crippen molar-refractivity contribution in [3.63, 3.8) is 0 Å². The van der Waals surface area contributed by atoms with Crippen LogP contribution in [0.5, 0.6) is 0 Å². The van der Waals surface area contributed by atoms with E-state index in [-0.39, 0.29) is 0 Å². The van der Waals surface area contributed by atoms with Crippen LogP contribution in [0.4, 0.5) is 0 Å². The Kier molecular flexibility index (Phi) is 3.30. The first-order valence-electron chi connectivity index (χ1n) is 2.37. The molecule has 0 heterocycles. The second kappa shape index (κ2) is 3.76. The molecule has 0 aromatic heterocycles. The minimum atomic E-state index is -1.03. The molecule has 0 bridgehead atoms. The van der Waals surface area contributed by atoms with Gasteiger partial charge in [0.1, 0.15) is 6.61 Å². The second-order valence-corrected chi connectivity index (χ2v) is 1.47. The van der Waals surface area contributed by atoms with Gasteiger partial charge in [-0.3, -0.25) is 4.79 Å². The summed E-state index contributed by atoms with van der Waals surface area (Å²) in [5.41, 5.74) is -0.454. The third-order valence-corrected chi connectivity index (χ3v) is 0.834. The van der Waals surface area contributed by atoms with Gasteiger partial charge in [0.2, 0.25) is 0 Å². The van der Waals surface area contributed by atoms with E-state index in [1.807, 2.05) is 0 Å². The first-order valence-corrected chi connectivity index (χ1v) is 2.37. The summed E-state index contributed by atoms with van der Waals surface area (Å²) in [5, 5.41) is 8.19. The van der Waals surface area contributed by atoms with Gasteiger partial charge < -0.3 is 9.94 Å². The molecule has 0 aliphatic heterocycles. The molecule has 0 unspecified atom stereocenters. The number of hydrogen-bond acceptors (Lipinski definition) is 5. The van der Waals surface area contributed by atoms with E-state index in [2.05, 4.69) is 17.3 Å². The molecule has 3 N–H and O–H groups in total. The molecule has 5 nitrogen and oxygen atoms in total. The number of carbonyl (C=O) groups is 2. The van der Waals surface area contributed by atoms with Gasteiger partial charge in [-0.05, 0) is 0 Å². The Bertz CT molecular complexity index is 156. The average molecular weight is 145 g/mol. The van der Waals surface area contributed by atoms with Gasteiger partial charge in [0.15, 0.2) is 5.78 Å². The van der Waals surface area contributed by atoms with Gasteiger partial charge in [-0.1, -0.05) is 6.58 Å². The molecule has 0 fully saturated rings. The Labute approximate surface area is 57.0 Å². The van der Waals surface area contributed by atoms with Gasteiger partial charge in [-0.15, -0.1) is 0 Å². The highest BCUT2D eigenvalue weighted by molar-refractivity contribution is 6.17. The van der Waals surface area contributed by atoms with E-state index in [4.69, 9.17) is 5.11 Å². The van der Waals surface area contributed by atoms with Crippen LogP contribution in [-0.4, -0.2) is 23.5 Å². The number of hydrogen-bond donors (Lipinski definition) is 2. The molecular formula is C5H7NO4.